The molecular formula is C28H31N5O3. The maximum Gasteiger partial charge on any atom is 0.230 e. The predicted octanol–water partition coefficient (Wildman–Crippen LogP) is 3.86. The number of hydrogen-bond acceptors (Lipinski definition) is 7. The molecule has 8 heteroatoms. The number of benzene rings is 2. The molecule has 0 fully saturated rings. The van der Waals surface area contributed by atoms with E-state index in [1.807, 2.05) is 17.5 Å². The maximum absolute atomic E-state index is 9.79. The predicted molar refractivity (Wildman–Crippen MR) is 139 cm³/mol. The van der Waals surface area contributed by atoms with Crippen LogP contribution in [0.2, 0.25) is 0 Å². The molecule has 36 heavy (non-hydrogen) atoms. The summed E-state index contributed by atoms with van der Waals surface area (Å²) in [5.41, 5.74) is 7.63. The van der Waals surface area contributed by atoms with Crippen LogP contribution in [0.1, 0.15) is 23.6 Å². The Kier molecular flexibility index (Phi) is 5.99. The van der Waals surface area contributed by atoms with E-state index in [2.05, 4.69) is 51.6 Å². The Hall–Kier alpha value is -3.62. The van der Waals surface area contributed by atoms with Gasteiger partial charge in [0.05, 0.1) is 25.5 Å². The Bertz CT molecular complexity index is 1410. The molecule has 2 aliphatic heterocycles. The summed E-state index contributed by atoms with van der Waals surface area (Å²) in [7, 11) is 1.69. The first-order valence-corrected chi connectivity index (χ1v) is 12.5. The number of para-hydroxylation sites is 1. The maximum atomic E-state index is 9.79. The lowest BCUT2D eigenvalue weighted by Gasteiger charge is -2.20. The number of aliphatic hydroxyl groups is 1. The van der Waals surface area contributed by atoms with Crippen LogP contribution in [0.5, 0.6) is 11.5 Å². The van der Waals surface area contributed by atoms with Gasteiger partial charge in [0.1, 0.15) is 23.5 Å². The fraction of sp³-hybridized carbons (Fsp3) is 0.357. The zero-order valence-corrected chi connectivity index (χ0v) is 20.7. The highest BCUT2D eigenvalue weighted by molar-refractivity contribution is 5.76. The average Bonchev–Trinajstić information content (AvgIpc) is 3.48. The van der Waals surface area contributed by atoms with E-state index in [9.17, 15) is 5.11 Å². The van der Waals surface area contributed by atoms with Gasteiger partial charge in [0, 0.05) is 43.4 Å². The highest BCUT2D eigenvalue weighted by atomic mass is 16.5. The van der Waals surface area contributed by atoms with Crippen molar-refractivity contribution in [1.29, 1.82) is 0 Å². The molecule has 6 rings (SSSR count). The summed E-state index contributed by atoms with van der Waals surface area (Å²) in [5, 5.41) is 13.2. The summed E-state index contributed by atoms with van der Waals surface area (Å²) in [6.45, 7) is 5.12. The van der Waals surface area contributed by atoms with E-state index in [0.717, 1.165) is 72.9 Å². The van der Waals surface area contributed by atoms with Crippen LogP contribution in [-0.4, -0.2) is 63.8 Å². The molecule has 2 aromatic carbocycles. The van der Waals surface area contributed by atoms with Crippen molar-refractivity contribution >= 4 is 17.3 Å². The number of nitrogens with zero attached hydrogens (tertiary/aromatic N) is 4. The summed E-state index contributed by atoms with van der Waals surface area (Å²) in [5.74, 6) is 2.26. The van der Waals surface area contributed by atoms with Crippen molar-refractivity contribution in [2.75, 3.05) is 38.7 Å². The van der Waals surface area contributed by atoms with Gasteiger partial charge in [-0.25, -0.2) is 4.98 Å². The largest absolute Gasteiger partial charge is 0.495 e. The second kappa shape index (κ2) is 9.44. The average molecular weight is 486 g/mol. The van der Waals surface area contributed by atoms with Crippen molar-refractivity contribution in [3.8, 4) is 22.6 Å². The number of aromatic nitrogens is 3. The topological polar surface area (TPSA) is 84.2 Å². The lowest BCUT2D eigenvalue weighted by molar-refractivity contribution is 0.129. The molecule has 1 unspecified atom stereocenters. The van der Waals surface area contributed by atoms with Crippen molar-refractivity contribution in [2.24, 2.45) is 0 Å². The second-order valence-corrected chi connectivity index (χ2v) is 9.66. The number of nitrogens with one attached hydrogen (secondary N) is 1. The minimum atomic E-state index is -0.324. The molecule has 2 N–H and O–H groups in total. The zero-order valence-electron chi connectivity index (χ0n) is 20.7. The molecular weight excluding hydrogens is 454 g/mol. The minimum absolute atomic E-state index is 0.324. The van der Waals surface area contributed by atoms with E-state index in [1.54, 1.807) is 13.4 Å². The van der Waals surface area contributed by atoms with Gasteiger partial charge in [-0.2, -0.15) is 4.98 Å². The fourth-order valence-corrected chi connectivity index (χ4v) is 5.30. The number of hydrogen-bond donors (Lipinski definition) is 2. The molecule has 0 saturated carbocycles. The number of anilines is 2. The van der Waals surface area contributed by atoms with E-state index in [-0.39, 0.29) is 6.10 Å². The molecule has 0 saturated heterocycles. The molecule has 2 aromatic heterocycles. The van der Waals surface area contributed by atoms with Gasteiger partial charge in [-0.3, -0.25) is 4.40 Å². The van der Waals surface area contributed by atoms with E-state index in [1.165, 1.54) is 16.7 Å². The third-order valence-corrected chi connectivity index (χ3v) is 7.06. The van der Waals surface area contributed by atoms with Gasteiger partial charge < -0.3 is 24.8 Å². The molecule has 4 heterocycles. The molecule has 0 aliphatic carbocycles. The molecule has 2 aliphatic rings. The van der Waals surface area contributed by atoms with E-state index < -0.39 is 0 Å². The third kappa shape index (κ3) is 4.38. The smallest absolute Gasteiger partial charge is 0.230 e. The van der Waals surface area contributed by atoms with Gasteiger partial charge in [-0.05, 0) is 54.7 Å². The number of β-amino-alcohol motifs (C(OH)–C–C–N with tert-alkyl or cyclic N) is 1. The Balaban J connectivity index is 1.27. The fourth-order valence-electron chi connectivity index (χ4n) is 5.30. The first-order valence-electron chi connectivity index (χ1n) is 12.5. The van der Waals surface area contributed by atoms with Gasteiger partial charge in [-0.15, -0.1) is 0 Å². The number of ether oxygens (including phenoxy) is 2. The van der Waals surface area contributed by atoms with E-state index in [4.69, 9.17) is 14.5 Å². The highest BCUT2D eigenvalue weighted by Crippen LogP contribution is 2.37. The minimum Gasteiger partial charge on any atom is -0.495 e. The van der Waals surface area contributed by atoms with E-state index >= 15 is 0 Å². The van der Waals surface area contributed by atoms with Gasteiger partial charge in [0.25, 0.3) is 0 Å². The van der Waals surface area contributed by atoms with Crippen LogP contribution in [0.15, 0.2) is 48.9 Å². The molecule has 0 amide bonds. The van der Waals surface area contributed by atoms with Crippen molar-refractivity contribution in [1.82, 2.24) is 19.3 Å². The third-order valence-electron chi connectivity index (χ3n) is 7.06. The molecule has 4 aromatic rings. The van der Waals surface area contributed by atoms with Crippen LogP contribution >= 0.6 is 0 Å². The monoisotopic (exact) mass is 485 g/mol. The molecule has 8 nitrogen and oxygen atoms in total. The van der Waals surface area contributed by atoms with Gasteiger partial charge in [0.2, 0.25) is 5.95 Å². The number of aliphatic hydroxyl groups excluding tert-OH is 1. The molecule has 1 atom stereocenters. The quantitative estimate of drug-likeness (QED) is 0.429. The Morgan fingerprint density at radius 3 is 2.75 bits per heavy atom. The molecule has 186 valence electrons. The van der Waals surface area contributed by atoms with E-state index in [0.29, 0.717) is 12.5 Å². The van der Waals surface area contributed by atoms with Crippen molar-refractivity contribution in [3.63, 3.8) is 0 Å². The molecule has 0 bridgehead atoms. The SMILES string of the molecule is COc1cc2c(cc1Nc1ncn3cc(-c4cccc5c4OCC5)cc3n1)CCN(CC(C)O)CC2. The Morgan fingerprint density at radius 2 is 1.94 bits per heavy atom. The number of methoxy groups -OCH3 is 1. The Labute approximate surface area is 210 Å². The summed E-state index contributed by atoms with van der Waals surface area (Å²) in [6, 6.07) is 12.6. The van der Waals surface area contributed by atoms with Crippen LogP contribution < -0.4 is 14.8 Å². The van der Waals surface area contributed by atoms with Crippen LogP contribution in [0, 0.1) is 0 Å². The van der Waals surface area contributed by atoms with Crippen LogP contribution in [0.4, 0.5) is 11.6 Å². The van der Waals surface area contributed by atoms with Crippen molar-refractivity contribution in [2.45, 2.75) is 32.3 Å². The summed E-state index contributed by atoms with van der Waals surface area (Å²) >= 11 is 0. The first kappa shape index (κ1) is 22.8. The molecule has 0 spiro atoms. The summed E-state index contributed by atoms with van der Waals surface area (Å²) in [4.78, 5) is 11.6. The van der Waals surface area contributed by atoms with Gasteiger partial charge >= 0.3 is 0 Å². The normalized spacial score (nSPS) is 16.2. The number of rotatable bonds is 6. The summed E-state index contributed by atoms with van der Waals surface area (Å²) < 4.78 is 13.5. The van der Waals surface area contributed by atoms with Crippen molar-refractivity contribution < 1.29 is 14.6 Å². The zero-order chi connectivity index (χ0) is 24.6. The summed E-state index contributed by atoms with van der Waals surface area (Å²) in [6.07, 6.45) is 6.30. The molecule has 0 radical (unpaired) electrons. The first-order chi connectivity index (χ1) is 17.6. The Morgan fingerprint density at radius 1 is 1.11 bits per heavy atom. The van der Waals surface area contributed by atoms with Crippen LogP contribution in [0.3, 0.4) is 0 Å². The van der Waals surface area contributed by atoms with Crippen LogP contribution in [-0.2, 0) is 19.3 Å². The lowest BCUT2D eigenvalue weighted by atomic mass is 10.0. The van der Waals surface area contributed by atoms with Gasteiger partial charge in [0.15, 0.2) is 0 Å². The number of fused-ring (bicyclic) bond motifs is 3. The standard InChI is InChI=1S/C28H31N5O3/c1-18(34)15-32-9-6-20-12-24(25(35-2)13-21(20)7-10-32)30-28-29-17-33-16-22(14-26(33)31-28)23-5-3-4-19-8-11-36-27(19)23/h3-5,12-14,16-18,34H,6-11,15H2,1-2H3,(H,30,31). The highest BCUT2D eigenvalue weighted by Gasteiger charge is 2.20. The lowest BCUT2D eigenvalue weighted by Crippen LogP contribution is -2.33. The van der Waals surface area contributed by atoms with Crippen molar-refractivity contribution in [3.05, 3.63) is 65.6 Å². The van der Waals surface area contributed by atoms with Gasteiger partial charge in [-0.1, -0.05) is 18.2 Å². The second-order valence-electron chi connectivity index (χ2n) is 9.66. The van der Waals surface area contributed by atoms with Crippen LogP contribution in [0.25, 0.3) is 16.8 Å².